The Morgan fingerprint density at radius 2 is 1.73 bits per heavy atom. The van der Waals surface area contributed by atoms with Gasteiger partial charge in [0.2, 0.25) is 11.8 Å². The smallest absolute Gasteiger partial charge is 0.242 e. The van der Waals surface area contributed by atoms with Crippen LogP contribution in [-0.4, -0.2) is 35.8 Å². The zero-order valence-corrected chi connectivity index (χ0v) is 15.2. The van der Waals surface area contributed by atoms with Crippen LogP contribution in [0.1, 0.15) is 25.0 Å². The number of hydrogen-bond acceptors (Lipinski definition) is 2. The molecule has 1 N–H and O–H groups in total. The molecule has 0 fully saturated rings. The molecule has 0 aliphatic rings. The Bertz CT molecular complexity index is 734. The van der Waals surface area contributed by atoms with Crippen LogP contribution in [0.25, 0.3) is 0 Å². The first kappa shape index (κ1) is 19.6. The number of likely N-dealkylation sites (N-methyl/N-ethyl adjacent to an activating group) is 1. The molecule has 5 heteroatoms. The molecule has 2 amide bonds. The first-order chi connectivity index (χ1) is 12.5. The zero-order valence-electron chi connectivity index (χ0n) is 15.2. The summed E-state index contributed by atoms with van der Waals surface area (Å²) in [6, 6.07) is 15.4. The third kappa shape index (κ3) is 5.41. The Hall–Kier alpha value is -2.69. The van der Waals surface area contributed by atoms with Gasteiger partial charge in [-0.1, -0.05) is 48.5 Å². The maximum atomic E-state index is 13.9. The normalized spacial score (nSPS) is 11.7. The molecular formula is C21H25FN2O2. The van der Waals surface area contributed by atoms with Crippen molar-refractivity contribution in [1.29, 1.82) is 0 Å². The molecule has 2 aromatic rings. The van der Waals surface area contributed by atoms with Crippen molar-refractivity contribution in [3.05, 3.63) is 71.5 Å². The maximum Gasteiger partial charge on any atom is 0.242 e. The molecule has 26 heavy (non-hydrogen) atoms. The molecule has 0 saturated carbocycles. The lowest BCUT2D eigenvalue weighted by molar-refractivity contribution is -0.139. The van der Waals surface area contributed by atoms with E-state index in [9.17, 15) is 14.0 Å². The van der Waals surface area contributed by atoms with Crippen molar-refractivity contribution in [2.24, 2.45) is 0 Å². The van der Waals surface area contributed by atoms with E-state index < -0.39 is 11.9 Å². The minimum Gasteiger partial charge on any atom is -0.355 e. The van der Waals surface area contributed by atoms with Crippen molar-refractivity contribution in [2.45, 2.75) is 32.7 Å². The average Bonchev–Trinajstić information content (AvgIpc) is 2.64. The van der Waals surface area contributed by atoms with Gasteiger partial charge in [0.05, 0.1) is 6.42 Å². The molecule has 0 spiro atoms. The Balaban J connectivity index is 2.14. The largest absolute Gasteiger partial charge is 0.355 e. The van der Waals surface area contributed by atoms with E-state index in [2.05, 4.69) is 5.32 Å². The van der Waals surface area contributed by atoms with Gasteiger partial charge in [0.1, 0.15) is 11.9 Å². The number of carbonyl (C=O) groups excluding carboxylic acids is 2. The van der Waals surface area contributed by atoms with E-state index in [1.165, 1.54) is 11.0 Å². The van der Waals surface area contributed by atoms with E-state index in [0.29, 0.717) is 25.1 Å². The predicted octanol–water partition coefficient (Wildman–Crippen LogP) is 2.96. The number of benzene rings is 2. The van der Waals surface area contributed by atoms with Crippen LogP contribution in [0.5, 0.6) is 0 Å². The first-order valence-electron chi connectivity index (χ1n) is 8.87. The van der Waals surface area contributed by atoms with E-state index in [4.69, 9.17) is 0 Å². The third-order valence-corrected chi connectivity index (χ3v) is 4.30. The fourth-order valence-electron chi connectivity index (χ4n) is 2.80. The summed E-state index contributed by atoms with van der Waals surface area (Å²) in [6.45, 7) is 4.43. The van der Waals surface area contributed by atoms with Crippen LogP contribution >= 0.6 is 0 Å². The third-order valence-electron chi connectivity index (χ3n) is 4.30. The summed E-state index contributed by atoms with van der Waals surface area (Å²) < 4.78 is 13.9. The second-order valence-electron chi connectivity index (χ2n) is 6.16. The Morgan fingerprint density at radius 1 is 1.08 bits per heavy atom. The fourth-order valence-corrected chi connectivity index (χ4v) is 2.80. The summed E-state index contributed by atoms with van der Waals surface area (Å²) in [5.41, 5.74) is 1.42. The van der Waals surface area contributed by atoms with E-state index in [0.717, 1.165) is 5.56 Å². The molecule has 2 rings (SSSR count). The lowest BCUT2D eigenvalue weighted by Crippen LogP contribution is -2.49. The highest BCUT2D eigenvalue weighted by molar-refractivity contribution is 5.88. The Kier molecular flexibility index (Phi) is 7.33. The molecule has 0 aromatic heterocycles. The van der Waals surface area contributed by atoms with Crippen LogP contribution in [0, 0.1) is 5.82 Å². The molecule has 4 nitrogen and oxygen atoms in total. The van der Waals surface area contributed by atoms with Crippen LogP contribution in [-0.2, 0) is 22.4 Å². The highest BCUT2D eigenvalue weighted by atomic mass is 19.1. The lowest BCUT2D eigenvalue weighted by atomic mass is 10.1. The van der Waals surface area contributed by atoms with Gasteiger partial charge in [-0.25, -0.2) is 4.39 Å². The molecule has 0 saturated heterocycles. The minimum atomic E-state index is -0.613. The van der Waals surface area contributed by atoms with Crippen molar-refractivity contribution in [3.8, 4) is 0 Å². The van der Waals surface area contributed by atoms with Gasteiger partial charge in [0.15, 0.2) is 0 Å². The Morgan fingerprint density at radius 3 is 2.38 bits per heavy atom. The van der Waals surface area contributed by atoms with Gasteiger partial charge in [-0.2, -0.15) is 0 Å². The summed E-state index contributed by atoms with van der Waals surface area (Å²) in [5, 5.41) is 2.75. The van der Waals surface area contributed by atoms with Crippen LogP contribution in [0.3, 0.4) is 0 Å². The van der Waals surface area contributed by atoms with Gasteiger partial charge in [-0.3, -0.25) is 9.59 Å². The number of amides is 2. The quantitative estimate of drug-likeness (QED) is 0.791. The van der Waals surface area contributed by atoms with Gasteiger partial charge < -0.3 is 10.2 Å². The van der Waals surface area contributed by atoms with Gasteiger partial charge in [0, 0.05) is 13.1 Å². The van der Waals surface area contributed by atoms with Gasteiger partial charge in [-0.15, -0.1) is 0 Å². The molecular weight excluding hydrogens is 331 g/mol. The standard InChI is InChI=1S/C21H25FN2O2/c1-3-23-21(26)16(2)24(14-13-17-9-5-4-6-10-17)20(25)15-18-11-7-8-12-19(18)22/h4-12,16H,3,13-15H2,1-2H3,(H,23,26)/t16-/m1/s1. The van der Waals surface area contributed by atoms with Crippen LogP contribution in [0.15, 0.2) is 54.6 Å². The SMILES string of the molecule is CCNC(=O)[C@@H](C)N(CCc1ccccc1)C(=O)Cc1ccccc1F. The second kappa shape index (κ2) is 9.70. The minimum absolute atomic E-state index is 0.0643. The number of nitrogens with zero attached hydrogens (tertiary/aromatic N) is 1. The highest BCUT2D eigenvalue weighted by Crippen LogP contribution is 2.12. The number of halogens is 1. The summed E-state index contributed by atoms with van der Waals surface area (Å²) in [6.07, 6.45) is 0.568. The summed E-state index contributed by atoms with van der Waals surface area (Å²) >= 11 is 0. The van der Waals surface area contributed by atoms with Crippen LogP contribution in [0.4, 0.5) is 4.39 Å². The molecule has 138 valence electrons. The average molecular weight is 356 g/mol. The number of rotatable bonds is 8. The van der Waals surface area contributed by atoms with Crippen LogP contribution < -0.4 is 5.32 Å². The molecule has 0 radical (unpaired) electrons. The van der Waals surface area contributed by atoms with Crippen LogP contribution in [0.2, 0.25) is 0 Å². The van der Waals surface area contributed by atoms with Gasteiger partial charge in [-0.05, 0) is 37.5 Å². The fraction of sp³-hybridized carbons (Fsp3) is 0.333. The maximum absolute atomic E-state index is 13.9. The van der Waals surface area contributed by atoms with Gasteiger partial charge in [0.25, 0.3) is 0 Å². The molecule has 1 atom stereocenters. The van der Waals surface area contributed by atoms with Crippen molar-refractivity contribution in [2.75, 3.05) is 13.1 Å². The highest BCUT2D eigenvalue weighted by Gasteiger charge is 2.25. The van der Waals surface area contributed by atoms with Gasteiger partial charge >= 0.3 is 0 Å². The van der Waals surface area contributed by atoms with Crippen molar-refractivity contribution < 1.29 is 14.0 Å². The molecule has 2 aromatic carbocycles. The predicted molar refractivity (Wildman–Crippen MR) is 100 cm³/mol. The molecule has 0 bridgehead atoms. The van der Waals surface area contributed by atoms with E-state index in [1.807, 2.05) is 37.3 Å². The van der Waals surface area contributed by atoms with Crippen molar-refractivity contribution in [3.63, 3.8) is 0 Å². The molecule has 0 heterocycles. The second-order valence-corrected chi connectivity index (χ2v) is 6.16. The monoisotopic (exact) mass is 356 g/mol. The molecule has 0 aliphatic carbocycles. The lowest BCUT2D eigenvalue weighted by Gasteiger charge is -2.28. The van der Waals surface area contributed by atoms with E-state index >= 15 is 0 Å². The summed E-state index contributed by atoms with van der Waals surface area (Å²) in [7, 11) is 0. The first-order valence-corrected chi connectivity index (χ1v) is 8.87. The topological polar surface area (TPSA) is 49.4 Å². The number of hydrogen-bond donors (Lipinski definition) is 1. The molecule has 0 unspecified atom stereocenters. The number of carbonyl (C=O) groups is 2. The zero-order chi connectivity index (χ0) is 18.9. The summed E-state index contributed by atoms with van der Waals surface area (Å²) in [5.74, 6) is -0.873. The summed E-state index contributed by atoms with van der Waals surface area (Å²) in [4.78, 5) is 26.6. The van der Waals surface area contributed by atoms with Crippen molar-refractivity contribution >= 4 is 11.8 Å². The Labute approximate surface area is 154 Å². The van der Waals surface area contributed by atoms with Crippen molar-refractivity contribution in [1.82, 2.24) is 10.2 Å². The molecule has 0 aliphatic heterocycles. The van der Waals surface area contributed by atoms with E-state index in [-0.39, 0.29) is 18.2 Å². The van der Waals surface area contributed by atoms with E-state index in [1.54, 1.807) is 25.1 Å². The number of nitrogens with one attached hydrogen (secondary N) is 1.